The number of ether oxygens (including phenoxy) is 1. The molecule has 2 rings (SSSR count). The minimum Gasteiger partial charge on any atom is -0.463 e. The third-order valence-electron chi connectivity index (χ3n) is 3.74. The van der Waals surface area contributed by atoms with Gasteiger partial charge in [-0.15, -0.1) is 0 Å². The summed E-state index contributed by atoms with van der Waals surface area (Å²) in [4.78, 5) is 11.9. The van der Waals surface area contributed by atoms with E-state index in [0.717, 1.165) is 0 Å². The number of para-hydroxylation sites is 1. The predicted molar refractivity (Wildman–Crippen MR) is 74.2 cm³/mol. The van der Waals surface area contributed by atoms with Crippen molar-refractivity contribution in [3.05, 3.63) is 35.5 Å². The smallest absolute Gasteiger partial charge is 0.432 e. The minimum absolute atomic E-state index is 0.147. The second-order valence-corrected chi connectivity index (χ2v) is 4.97. The zero-order valence-electron chi connectivity index (χ0n) is 12.4. The van der Waals surface area contributed by atoms with Gasteiger partial charge in [-0.3, -0.25) is 0 Å². The van der Waals surface area contributed by atoms with Crippen LogP contribution in [0.15, 0.2) is 24.3 Å². The lowest BCUT2D eigenvalue weighted by molar-refractivity contribution is -0.267. The molecule has 120 valence electrons. The minimum atomic E-state index is -5.20. The van der Waals surface area contributed by atoms with Crippen LogP contribution in [0.4, 0.5) is 13.2 Å². The summed E-state index contributed by atoms with van der Waals surface area (Å²) in [7, 11) is 1.57. The molecule has 1 aromatic carbocycles. The summed E-state index contributed by atoms with van der Waals surface area (Å²) >= 11 is 0. The molecule has 0 aliphatic heterocycles. The van der Waals surface area contributed by atoms with Gasteiger partial charge in [-0.05, 0) is 19.9 Å². The quantitative estimate of drug-likeness (QED) is 0.886. The van der Waals surface area contributed by atoms with Crippen LogP contribution in [0.3, 0.4) is 0 Å². The lowest BCUT2D eigenvalue weighted by Gasteiger charge is -2.28. The van der Waals surface area contributed by atoms with Gasteiger partial charge in [-0.1, -0.05) is 18.2 Å². The highest BCUT2D eigenvalue weighted by atomic mass is 19.4. The summed E-state index contributed by atoms with van der Waals surface area (Å²) in [6, 6.07) is 6.27. The number of aliphatic hydroxyl groups is 1. The van der Waals surface area contributed by atoms with Crippen LogP contribution in [0.25, 0.3) is 10.9 Å². The van der Waals surface area contributed by atoms with E-state index in [0.29, 0.717) is 5.52 Å². The molecule has 22 heavy (non-hydrogen) atoms. The van der Waals surface area contributed by atoms with Crippen molar-refractivity contribution in [2.75, 3.05) is 6.61 Å². The highest BCUT2D eigenvalue weighted by Gasteiger charge is 2.63. The monoisotopic (exact) mass is 315 g/mol. The summed E-state index contributed by atoms with van der Waals surface area (Å²) in [6.07, 6.45) is -5.20. The standard InChI is InChI=1S/C15H16F3NO3/c1-4-22-13(20)14(21,15(16,17)18)12-9(2)19(3)11-8-6-5-7-10(11)12/h5-8,21H,4H2,1-3H3. The summed E-state index contributed by atoms with van der Waals surface area (Å²) < 4.78 is 46.5. The Bertz CT molecular complexity index is 721. The number of hydrogen-bond acceptors (Lipinski definition) is 3. The van der Waals surface area contributed by atoms with Crippen LogP contribution in [0, 0.1) is 6.92 Å². The van der Waals surface area contributed by atoms with E-state index in [2.05, 4.69) is 4.74 Å². The molecule has 0 spiro atoms. The average Bonchev–Trinajstić information content (AvgIpc) is 2.70. The molecular weight excluding hydrogens is 299 g/mol. The third kappa shape index (κ3) is 2.16. The third-order valence-corrected chi connectivity index (χ3v) is 3.74. The Morgan fingerprint density at radius 3 is 2.45 bits per heavy atom. The first-order chi connectivity index (χ1) is 10.2. The lowest BCUT2D eigenvalue weighted by atomic mass is 9.90. The first-order valence-corrected chi connectivity index (χ1v) is 6.67. The lowest BCUT2D eigenvalue weighted by Crippen LogP contribution is -2.50. The van der Waals surface area contributed by atoms with E-state index < -0.39 is 23.3 Å². The van der Waals surface area contributed by atoms with E-state index in [1.807, 2.05) is 0 Å². The number of hydrogen-bond donors (Lipinski definition) is 1. The van der Waals surface area contributed by atoms with Crippen molar-refractivity contribution in [1.29, 1.82) is 0 Å². The zero-order valence-corrected chi connectivity index (χ0v) is 12.4. The van der Waals surface area contributed by atoms with E-state index in [-0.39, 0.29) is 17.7 Å². The van der Waals surface area contributed by atoms with Crippen LogP contribution >= 0.6 is 0 Å². The number of carbonyl (C=O) groups excluding carboxylic acids is 1. The molecular formula is C15H16F3NO3. The molecule has 1 atom stereocenters. The van der Waals surface area contributed by atoms with Gasteiger partial charge < -0.3 is 14.4 Å². The van der Waals surface area contributed by atoms with Gasteiger partial charge in [0.25, 0.3) is 5.60 Å². The first-order valence-electron chi connectivity index (χ1n) is 6.67. The Morgan fingerprint density at radius 1 is 1.32 bits per heavy atom. The number of esters is 1. The van der Waals surface area contributed by atoms with Crippen molar-refractivity contribution in [1.82, 2.24) is 4.57 Å². The molecule has 0 aliphatic carbocycles. The fourth-order valence-corrected chi connectivity index (χ4v) is 2.57. The molecule has 0 amide bonds. The Kier molecular flexibility index (Phi) is 3.95. The average molecular weight is 315 g/mol. The number of alkyl halides is 3. The molecule has 0 saturated carbocycles. The summed E-state index contributed by atoms with van der Waals surface area (Å²) in [5, 5.41) is 10.5. The second-order valence-electron chi connectivity index (χ2n) is 4.97. The molecule has 7 heteroatoms. The molecule has 4 nitrogen and oxygen atoms in total. The largest absolute Gasteiger partial charge is 0.463 e. The zero-order chi connectivity index (χ0) is 16.7. The van der Waals surface area contributed by atoms with Gasteiger partial charge in [0.2, 0.25) is 0 Å². The fourth-order valence-electron chi connectivity index (χ4n) is 2.57. The second kappa shape index (κ2) is 5.31. The molecule has 0 bridgehead atoms. The van der Waals surface area contributed by atoms with Crippen LogP contribution in [-0.2, 0) is 22.2 Å². The molecule has 1 N–H and O–H groups in total. The summed E-state index contributed by atoms with van der Waals surface area (Å²) in [6.45, 7) is 2.54. The van der Waals surface area contributed by atoms with Crippen molar-refractivity contribution in [2.45, 2.75) is 25.6 Å². The van der Waals surface area contributed by atoms with Crippen LogP contribution in [0.2, 0.25) is 0 Å². The SMILES string of the molecule is CCOC(=O)C(O)(c1c(C)n(C)c2ccccc12)C(F)(F)F. The molecule has 2 aromatic rings. The fraction of sp³-hybridized carbons (Fsp3) is 0.400. The van der Waals surface area contributed by atoms with E-state index in [1.54, 1.807) is 25.2 Å². The van der Waals surface area contributed by atoms with Crippen molar-refractivity contribution >= 4 is 16.9 Å². The number of halogens is 3. The van der Waals surface area contributed by atoms with Crippen LogP contribution < -0.4 is 0 Å². The van der Waals surface area contributed by atoms with Gasteiger partial charge >= 0.3 is 12.1 Å². The number of rotatable bonds is 3. The first kappa shape index (κ1) is 16.4. The Balaban J connectivity index is 2.85. The van der Waals surface area contributed by atoms with E-state index in [4.69, 9.17) is 0 Å². The molecule has 0 fully saturated rings. The van der Waals surface area contributed by atoms with Gasteiger partial charge in [0, 0.05) is 29.2 Å². The van der Waals surface area contributed by atoms with Gasteiger partial charge in [-0.2, -0.15) is 13.2 Å². The number of aromatic nitrogens is 1. The Morgan fingerprint density at radius 2 is 1.91 bits per heavy atom. The number of carbonyl (C=O) groups is 1. The maximum atomic E-state index is 13.5. The van der Waals surface area contributed by atoms with Crippen LogP contribution in [0.1, 0.15) is 18.2 Å². The number of fused-ring (bicyclic) bond motifs is 1. The Labute approximate surface area is 125 Å². The topological polar surface area (TPSA) is 51.5 Å². The summed E-state index contributed by atoms with van der Waals surface area (Å²) in [5.74, 6) is -1.72. The molecule has 0 saturated heterocycles. The molecule has 1 unspecified atom stereocenters. The Hall–Kier alpha value is -2.02. The maximum Gasteiger partial charge on any atom is 0.432 e. The highest BCUT2D eigenvalue weighted by molar-refractivity contribution is 5.94. The van der Waals surface area contributed by atoms with E-state index in [1.165, 1.54) is 24.5 Å². The molecule has 0 aliphatic rings. The van der Waals surface area contributed by atoms with Gasteiger partial charge in [0.15, 0.2) is 0 Å². The van der Waals surface area contributed by atoms with Gasteiger partial charge in [0.1, 0.15) is 0 Å². The number of benzene rings is 1. The molecule has 1 aromatic heterocycles. The van der Waals surface area contributed by atoms with Gasteiger partial charge in [-0.25, -0.2) is 4.79 Å². The van der Waals surface area contributed by atoms with Crippen molar-refractivity contribution < 1.29 is 27.8 Å². The molecule has 1 heterocycles. The van der Waals surface area contributed by atoms with Crippen LogP contribution in [0.5, 0.6) is 0 Å². The van der Waals surface area contributed by atoms with Crippen molar-refractivity contribution in [3.8, 4) is 0 Å². The number of aryl methyl sites for hydroxylation is 1. The molecule has 0 radical (unpaired) electrons. The van der Waals surface area contributed by atoms with Crippen molar-refractivity contribution in [2.24, 2.45) is 7.05 Å². The van der Waals surface area contributed by atoms with Crippen LogP contribution in [-0.4, -0.2) is 28.4 Å². The normalized spacial score (nSPS) is 14.9. The highest BCUT2D eigenvalue weighted by Crippen LogP contribution is 2.45. The van der Waals surface area contributed by atoms with Crippen molar-refractivity contribution in [3.63, 3.8) is 0 Å². The van der Waals surface area contributed by atoms with E-state index in [9.17, 15) is 23.1 Å². The maximum absolute atomic E-state index is 13.5. The predicted octanol–water partition coefficient (Wildman–Crippen LogP) is 2.80. The number of nitrogens with zero attached hydrogens (tertiary/aromatic N) is 1. The van der Waals surface area contributed by atoms with Gasteiger partial charge in [0.05, 0.1) is 6.61 Å². The summed E-state index contributed by atoms with van der Waals surface area (Å²) in [5.41, 5.74) is -3.55. The van der Waals surface area contributed by atoms with E-state index >= 15 is 0 Å².